The van der Waals surface area contributed by atoms with Crippen LogP contribution in [0, 0.1) is 0 Å². The molecule has 0 unspecified atom stereocenters. The number of alkyl halides is 1. The summed E-state index contributed by atoms with van der Waals surface area (Å²) in [6.45, 7) is 0. The van der Waals surface area contributed by atoms with Crippen molar-refractivity contribution in [3.05, 3.63) is 42.5 Å². The molecule has 2 aromatic rings. The summed E-state index contributed by atoms with van der Waals surface area (Å²) >= 11 is 6.05. The fourth-order valence-electron chi connectivity index (χ4n) is 3.08. The predicted molar refractivity (Wildman–Crippen MR) is 86.2 cm³/mol. The molecule has 0 heterocycles. The maximum absolute atomic E-state index is 12.8. The highest BCUT2D eigenvalue weighted by molar-refractivity contribution is 7.89. The van der Waals surface area contributed by atoms with Crippen LogP contribution in [-0.2, 0) is 10.0 Å². The van der Waals surface area contributed by atoms with Crippen molar-refractivity contribution in [1.29, 1.82) is 0 Å². The largest absolute Gasteiger partial charge is 0.241 e. The molecule has 3 nitrogen and oxygen atoms in total. The number of sulfonamides is 1. The van der Waals surface area contributed by atoms with Crippen LogP contribution in [-0.4, -0.2) is 19.8 Å². The molecule has 1 aliphatic rings. The summed E-state index contributed by atoms with van der Waals surface area (Å²) in [5.41, 5.74) is -0.489. The number of benzene rings is 2. The molecular formula is C16H18ClNO2S. The first-order valence-corrected chi connectivity index (χ1v) is 9.16. The Morgan fingerprint density at radius 1 is 1.05 bits per heavy atom. The summed E-state index contributed by atoms with van der Waals surface area (Å²) < 4.78 is 28.5. The van der Waals surface area contributed by atoms with Crippen LogP contribution in [0.15, 0.2) is 47.4 Å². The maximum Gasteiger partial charge on any atom is 0.241 e. The highest BCUT2D eigenvalue weighted by Crippen LogP contribution is 2.33. The van der Waals surface area contributed by atoms with E-state index in [1.165, 1.54) is 0 Å². The van der Waals surface area contributed by atoms with Gasteiger partial charge in [-0.3, -0.25) is 0 Å². The molecule has 1 aliphatic carbocycles. The number of fused-ring (bicyclic) bond motifs is 1. The second kappa shape index (κ2) is 5.59. The topological polar surface area (TPSA) is 46.2 Å². The number of rotatable bonds is 4. The van der Waals surface area contributed by atoms with Gasteiger partial charge < -0.3 is 0 Å². The Bertz CT molecular complexity index is 746. The van der Waals surface area contributed by atoms with E-state index < -0.39 is 15.6 Å². The van der Waals surface area contributed by atoms with Gasteiger partial charge in [-0.1, -0.05) is 49.2 Å². The summed E-state index contributed by atoms with van der Waals surface area (Å²) in [5, 5.41) is 1.67. The average Bonchev–Trinajstić information content (AvgIpc) is 2.95. The van der Waals surface area contributed by atoms with E-state index >= 15 is 0 Å². The smallest absolute Gasteiger partial charge is 0.207 e. The lowest BCUT2D eigenvalue weighted by molar-refractivity contribution is 0.433. The van der Waals surface area contributed by atoms with Crippen LogP contribution >= 0.6 is 11.6 Å². The van der Waals surface area contributed by atoms with E-state index in [-0.39, 0.29) is 0 Å². The van der Waals surface area contributed by atoms with E-state index in [1.807, 2.05) is 30.3 Å². The zero-order chi connectivity index (χ0) is 14.9. The number of nitrogens with one attached hydrogen (secondary N) is 1. The second-order valence-corrected chi connectivity index (χ2v) is 7.62. The molecular weight excluding hydrogens is 306 g/mol. The minimum Gasteiger partial charge on any atom is -0.207 e. The fourth-order valence-corrected chi connectivity index (χ4v) is 5.19. The molecule has 1 N–H and O–H groups in total. The Balaban J connectivity index is 2.04. The van der Waals surface area contributed by atoms with Crippen LogP contribution in [0.1, 0.15) is 25.7 Å². The first-order valence-electron chi connectivity index (χ1n) is 7.14. The van der Waals surface area contributed by atoms with E-state index in [9.17, 15) is 8.42 Å². The third kappa shape index (κ3) is 2.80. The maximum atomic E-state index is 12.8. The Hall–Kier alpha value is -1.10. The lowest BCUT2D eigenvalue weighted by Gasteiger charge is -2.27. The molecule has 5 heteroatoms. The van der Waals surface area contributed by atoms with Crippen LogP contribution in [0.4, 0.5) is 0 Å². The Kier molecular flexibility index (Phi) is 3.95. The van der Waals surface area contributed by atoms with E-state index in [1.54, 1.807) is 12.1 Å². The Morgan fingerprint density at radius 2 is 1.71 bits per heavy atom. The molecule has 0 radical (unpaired) electrons. The van der Waals surface area contributed by atoms with Gasteiger partial charge in [0.1, 0.15) is 0 Å². The highest BCUT2D eigenvalue weighted by Gasteiger charge is 2.37. The van der Waals surface area contributed by atoms with Crippen molar-refractivity contribution in [3.8, 4) is 0 Å². The van der Waals surface area contributed by atoms with Gasteiger partial charge in [0.15, 0.2) is 0 Å². The molecule has 1 fully saturated rings. The van der Waals surface area contributed by atoms with Crippen molar-refractivity contribution in [2.24, 2.45) is 0 Å². The van der Waals surface area contributed by atoms with Crippen LogP contribution in [0.25, 0.3) is 10.8 Å². The average molecular weight is 324 g/mol. The first-order chi connectivity index (χ1) is 10.1. The molecule has 0 saturated heterocycles. The van der Waals surface area contributed by atoms with E-state index in [0.717, 1.165) is 36.5 Å². The molecule has 3 rings (SSSR count). The van der Waals surface area contributed by atoms with Gasteiger partial charge in [-0.2, -0.15) is 0 Å². The number of hydrogen-bond acceptors (Lipinski definition) is 2. The van der Waals surface area contributed by atoms with Crippen LogP contribution < -0.4 is 4.72 Å². The molecule has 112 valence electrons. The minimum atomic E-state index is -3.58. The van der Waals surface area contributed by atoms with Crippen molar-refractivity contribution in [2.75, 3.05) is 5.88 Å². The van der Waals surface area contributed by atoms with Gasteiger partial charge in [0.05, 0.1) is 4.90 Å². The predicted octanol–water partition coefficient (Wildman–Crippen LogP) is 3.67. The fraction of sp³-hybridized carbons (Fsp3) is 0.375. The van der Waals surface area contributed by atoms with Gasteiger partial charge in [-0.15, -0.1) is 11.6 Å². The van der Waals surface area contributed by atoms with E-state index in [0.29, 0.717) is 10.8 Å². The van der Waals surface area contributed by atoms with Gasteiger partial charge in [0.2, 0.25) is 10.0 Å². The van der Waals surface area contributed by atoms with Crippen molar-refractivity contribution in [3.63, 3.8) is 0 Å². The second-order valence-electron chi connectivity index (χ2n) is 5.70. The van der Waals surface area contributed by atoms with Crippen molar-refractivity contribution < 1.29 is 8.42 Å². The van der Waals surface area contributed by atoms with Gasteiger partial charge in [-0.25, -0.2) is 13.1 Å². The van der Waals surface area contributed by atoms with Gasteiger partial charge in [-0.05, 0) is 24.3 Å². The Morgan fingerprint density at radius 3 is 2.43 bits per heavy atom. The molecule has 0 aliphatic heterocycles. The summed E-state index contributed by atoms with van der Waals surface area (Å²) in [6.07, 6.45) is 3.65. The summed E-state index contributed by atoms with van der Waals surface area (Å²) in [4.78, 5) is 0.331. The number of halogens is 1. The normalized spacial score (nSPS) is 18.1. The van der Waals surface area contributed by atoms with Crippen LogP contribution in [0.5, 0.6) is 0 Å². The molecule has 0 spiro atoms. The third-order valence-electron chi connectivity index (χ3n) is 4.21. The SMILES string of the molecule is O=S(=O)(NC1(CCl)CCCC1)c1cccc2ccccc12. The summed E-state index contributed by atoms with van der Waals surface area (Å²) in [6, 6.07) is 12.9. The molecule has 0 bridgehead atoms. The summed E-state index contributed by atoms with van der Waals surface area (Å²) in [7, 11) is -3.58. The highest BCUT2D eigenvalue weighted by atomic mass is 35.5. The number of hydrogen-bond donors (Lipinski definition) is 1. The van der Waals surface area contributed by atoms with E-state index in [2.05, 4.69) is 4.72 Å². The van der Waals surface area contributed by atoms with E-state index in [4.69, 9.17) is 11.6 Å². The monoisotopic (exact) mass is 323 g/mol. The third-order valence-corrected chi connectivity index (χ3v) is 6.35. The molecule has 2 aromatic carbocycles. The lowest BCUT2D eigenvalue weighted by atomic mass is 10.0. The molecule has 21 heavy (non-hydrogen) atoms. The first kappa shape index (κ1) is 14.8. The van der Waals surface area contributed by atoms with Crippen molar-refractivity contribution in [1.82, 2.24) is 4.72 Å². The molecule has 0 aromatic heterocycles. The van der Waals surface area contributed by atoms with Gasteiger partial charge >= 0.3 is 0 Å². The lowest BCUT2D eigenvalue weighted by Crippen LogP contribution is -2.47. The van der Waals surface area contributed by atoms with Crippen LogP contribution in [0.3, 0.4) is 0 Å². The molecule has 1 saturated carbocycles. The summed E-state index contributed by atoms with van der Waals surface area (Å²) in [5.74, 6) is 0.316. The zero-order valence-electron chi connectivity index (χ0n) is 11.7. The van der Waals surface area contributed by atoms with Gasteiger partial charge in [0.25, 0.3) is 0 Å². The zero-order valence-corrected chi connectivity index (χ0v) is 13.3. The van der Waals surface area contributed by atoms with Crippen LogP contribution in [0.2, 0.25) is 0 Å². The van der Waals surface area contributed by atoms with Crippen molar-refractivity contribution in [2.45, 2.75) is 36.1 Å². The quantitative estimate of drug-likeness (QED) is 0.873. The minimum absolute atomic E-state index is 0.316. The Labute approximate surface area is 130 Å². The standard InChI is InChI=1S/C16H18ClNO2S/c17-12-16(10-3-4-11-16)18-21(19,20)15-9-5-7-13-6-1-2-8-14(13)15/h1-2,5-9,18H,3-4,10-12H2. The van der Waals surface area contributed by atoms with Crippen molar-refractivity contribution >= 4 is 32.4 Å². The molecule has 0 amide bonds. The van der Waals surface area contributed by atoms with Gasteiger partial charge in [0, 0.05) is 16.8 Å². The molecule has 0 atom stereocenters.